The Bertz CT molecular complexity index is 619. The number of aromatic carboxylic acids is 1. The molecular weight excluding hydrogens is 254 g/mol. The average Bonchev–Trinajstić information content (AvgIpc) is 2.88. The molecule has 0 aliphatic carbocycles. The predicted octanol–water partition coefficient (Wildman–Crippen LogP) is 1.76. The lowest BCUT2D eigenvalue weighted by Gasteiger charge is -2.09. The summed E-state index contributed by atoms with van der Waals surface area (Å²) in [7, 11) is 2.85. The van der Waals surface area contributed by atoms with Crippen molar-refractivity contribution in [2.24, 2.45) is 0 Å². The minimum absolute atomic E-state index is 0.113. The van der Waals surface area contributed by atoms with Gasteiger partial charge in [0, 0.05) is 17.7 Å². The molecule has 0 radical (unpaired) electrons. The number of nitrogens with zero attached hydrogens (tertiary/aromatic N) is 1. The fourth-order valence-electron chi connectivity index (χ4n) is 1.59. The molecule has 2 rings (SSSR count). The van der Waals surface area contributed by atoms with Crippen LogP contribution in [0.3, 0.4) is 0 Å². The van der Waals surface area contributed by atoms with Crippen LogP contribution in [-0.4, -0.2) is 35.6 Å². The number of carboxylic acid groups (broad SMARTS) is 1. The number of ether oxygens (including phenoxy) is 2. The molecule has 0 atom stereocenters. The Morgan fingerprint density at radius 2 is 1.89 bits per heavy atom. The molecule has 0 unspecified atom stereocenters. The van der Waals surface area contributed by atoms with E-state index in [9.17, 15) is 9.90 Å². The first kappa shape index (κ1) is 12.7. The maximum Gasteiger partial charge on any atom is 0.374 e. The third-order valence-electron chi connectivity index (χ3n) is 2.50. The number of benzene rings is 1. The van der Waals surface area contributed by atoms with Crippen LogP contribution in [0.1, 0.15) is 10.6 Å². The van der Waals surface area contributed by atoms with Gasteiger partial charge in [0.2, 0.25) is 5.76 Å². The highest BCUT2D eigenvalue weighted by Crippen LogP contribution is 2.39. The number of methoxy groups -OCH3 is 2. The molecule has 0 saturated heterocycles. The Morgan fingerprint density at radius 3 is 2.42 bits per heavy atom. The average molecular weight is 265 g/mol. The monoisotopic (exact) mass is 265 g/mol. The van der Waals surface area contributed by atoms with Gasteiger partial charge in [-0.1, -0.05) is 5.16 Å². The van der Waals surface area contributed by atoms with Crippen molar-refractivity contribution in [3.05, 3.63) is 24.0 Å². The van der Waals surface area contributed by atoms with Crippen molar-refractivity contribution >= 4 is 5.97 Å². The summed E-state index contributed by atoms with van der Waals surface area (Å²) in [6.45, 7) is 0. The standard InChI is InChI=1S/C12H11NO6/c1-17-9-5-10(18-2)8(14)3-6(9)7-4-11(12(15)16)19-13-7/h3-5,14H,1-2H3,(H,15,16). The van der Waals surface area contributed by atoms with Crippen molar-refractivity contribution < 1.29 is 29.0 Å². The van der Waals surface area contributed by atoms with Crippen LogP contribution in [0.5, 0.6) is 17.2 Å². The Kier molecular flexibility index (Phi) is 3.28. The Labute approximate surface area is 108 Å². The van der Waals surface area contributed by atoms with Gasteiger partial charge in [0.1, 0.15) is 11.4 Å². The van der Waals surface area contributed by atoms with Crippen molar-refractivity contribution in [3.63, 3.8) is 0 Å². The summed E-state index contributed by atoms with van der Waals surface area (Å²) in [5.74, 6) is -1.02. The summed E-state index contributed by atoms with van der Waals surface area (Å²) in [4.78, 5) is 10.7. The molecule has 19 heavy (non-hydrogen) atoms. The maximum atomic E-state index is 10.7. The minimum atomic E-state index is -1.23. The van der Waals surface area contributed by atoms with Crippen molar-refractivity contribution in [2.75, 3.05) is 14.2 Å². The van der Waals surface area contributed by atoms with E-state index in [1.807, 2.05) is 0 Å². The Hall–Kier alpha value is -2.70. The number of carbonyl (C=O) groups is 1. The first-order chi connectivity index (χ1) is 9.06. The van der Waals surface area contributed by atoms with Crippen LogP contribution < -0.4 is 9.47 Å². The predicted molar refractivity (Wildman–Crippen MR) is 63.7 cm³/mol. The molecule has 0 amide bonds. The van der Waals surface area contributed by atoms with E-state index in [0.29, 0.717) is 11.3 Å². The molecular formula is C12H11NO6. The van der Waals surface area contributed by atoms with Gasteiger partial charge in [-0.05, 0) is 6.07 Å². The fourth-order valence-corrected chi connectivity index (χ4v) is 1.59. The van der Waals surface area contributed by atoms with Gasteiger partial charge in [-0.3, -0.25) is 0 Å². The van der Waals surface area contributed by atoms with Crippen molar-refractivity contribution in [1.29, 1.82) is 0 Å². The van der Waals surface area contributed by atoms with Gasteiger partial charge < -0.3 is 24.2 Å². The van der Waals surface area contributed by atoms with Crippen molar-refractivity contribution in [2.45, 2.75) is 0 Å². The number of hydrogen-bond acceptors (Lipinski definition) is 6. The minimum Gasteiger partial charge on any atom is -0.504 e. The lowest BCUT2D eigenvalue weighted by atomic mass is 10.1. The van der Waals surface area contributed by atoms with Crippen LogP contribution in [0.15, 0.2) is 22.7 Å². The normalized spacial score (nSPS) is 10.2. The molecule has 1 aromatic heterocycles. The molecule has 7 nitrogen and oxygen atoms in total. The topological polar surface area (TPSA) is 102 Å². The molecule has 0 saturated carbocycles. The molecule has 0 aliphatic rings. The third-order valence-corrected chi connectivity index (χ3v) is 2.50. The largest absolute Gasteiger partial charge is 0.504 e. The van der Waals surface area contributed by atoms with E-state index < -0.39 is 5.97 Å². The summed E-state index contributed by atoms with van der Waals surface area (Å²) >= 11 is 0. The molecule has 0 spiro atoms. The number of rotatable bonds is 4. The molecule has 0 aliphatic heterocycles. The highest BCUT2D eigenvalue weighted by molar-refractivity contribution is 5.86. The maximum absolute atomic E-state index is 10.7. The van der Waals surface area contributed by atoms with E-state index in [1.54, 1.807) is 0 Å². The second-order valence-corrected chi connectivity index (χ2v) is 3.61. The van der Waals surface area contributed by atoms with Gasteiger partial charge in [-0.25, -0.2) is 4.79 Å². The van der Waals surface area contributed by atoms with E-state index in [-0.39, 0.29) is 23.0 Å². The van der Waals surface area contributed by atoms with E-state index >= 15 is 0 Å². The molecule has 0 fully saturated rings. The van der Waals surface area contributed by atoms with Crippen LogP contribution >= 0.6 is 0 Å². The zero-order valence-electron chi connectivity index (χ0n) is 10.2. The second-order valence-electron chi connectivity index (χ2n) is 3.61. The van der Waals surface area contributed by atoms with Gasteiger partial charge >= 0.3 is 5.97 Å². The first-order valence-corrected chi connectivity index (χ1v) is 5.22. The smallest absolute Gasteiger partial charge is 0.374 e. The molecule has 100 valence electrons. The number of aromatic nitrogens is 1. The zero-order valence-corrected chi connectivity index (χ0v) is 10.2. The lowest BCUT2D eigenvalue weighted by molar-refractivity contribution is 0.0652. The van der Waals surface area contributed by atoms with Gasteiger partial charge in [-0.15, -0.1) is 0 Å². The van der Waals surface area contributed by atoms with E-state index in [2.05, 4.69) is 9.68 Å². The van der Waals surface area contributed by atoms with Gasteiger partial charge in [0.05, 0.1) is 14.2 Å². The quantitative estimate of drug-likeness (QED) is 0.868. The molecule has 2 aromatic rings. The number of aromatic hydroxyl groups is 1. The fraction of sp³-hybridized carbons (Fsp3) is 0.167. The Balaban J connectivity index is 2.53. The van der Waals surface area contributed by atoms with Gasteiger partial charge in [-0.2, -0.15) is 0 Å². The van der Waals surface area contributed by atoms with Crippen LogP contribution in [-0.2, 0) is 0 Å². The summed E-state index contributed by atoms with van der Waals surface area (Å²) in [5.41, 5.74) is 0.643. The van der Waals surface area contributed by atoms with Crippen LogP contribution in [0.2, 0.25) is 0 Å². The van der Waals surface area contributed by atoms with E-state index in [0.717, 1.165) is 0 Å². The number of carboxylic acids is 1. The van der Waals surface area contributed by atoms with E-state index in [1.165, 1.54) is 32.4 Å². The molecule has 0 bridgehead atoms. The highest BCUT2D eigenvalue weighted by Gasteiger charge is 2.18. The van der Waals surface area contributed by atoms with Gasteiger partial charge in [0.25, 0.3) is 0 Å². The SMILES string of the molecule is COc1cc(OC)c(-c2cc(C(=O)O)on2)cc1O. The van der Waals surface area contributed by atoms with Gasteiger partial charge in [0.15, 0.2) is 11.5 Å². The number of phenolic OH excluding ortho intramolecular Hbond substituents is 1. The molecule has 1 aromatic carbocycles. The van der Waals surface area contributed by atoms with Crippen LogP contribution in [0.4, 0.5) is 0 Å². The molecule has 2 N–H and O–H groups in total. The highest BCUT2D eigenvalue weighted by atomic mass is 16.5. The van der Waals surface area contributed by atoms with Crippen molar-refractivity contribution in [3.8, 4) is 28.5 Å². The number of phenols is 1. The first-order valence-electron chi connectivity index (χ1n) is 5.22. The molecule has 7 heteroatoms. The molecule has 1 heterocycles. The van der Waals surface area contributed by atoms with Crippen molar-refractivity contribution in [1.82, 2.24) is 5.16 Å². The second kappa shape index (κ2) is 4.89. The summed E-state index contributed by atoms with van der Waals surface area (Å²) < 4.78 is 14.8. The third kappa shape index (κ3) is 2.30. The van der Waals surface area contributed by atoms with Crippen LogP contribution in [0, 0.1) is 0 Å². The summed E-state index contributed by atoms with van der Waals surface area (Å²) in [6.07, 6.45) is 0. The summed E-state index contributed by atoms with van der Waals surface area (Å²) in [5, 5.41) is 22.1. The van der Waals surface area contributed by atoms with E-state index in [4.69, 9.17) is 14.6 Å². The Morgan fingerprint density at radius 1 is 1.21 bits per heavy atom. The lowest BCUT2D eigenvalue weighted by Crippen LogP contribution is -1.92. The summed E-state index contributed by atoms with van der Waals surface area (Å²) in [6, 6.07) is 4.08. The van der Waals surface area contributed by atoms with Crippen LogP contribution in [0.25, 0.3) is 11.3 Å². The number of hydrogen-bond donors (Lipinski definition) is 2. The zero-order chi connectivity index (χ0) is 14.0.